The standard InChI is InChI=1S/C17H27N5O3/c1-4-25-17(24)22-9-6-13(7-10-22)20-16-18-8-5-14(21-16)15(23)19-11-12(2)3/h5,8,12-13H,4,6-7,9-11H2,1-3H3,(H,19,23)(H,18,20,21). The molecular formula is C17H27N5O3. The van der Waals surface area contributed by atoms with Gasteiger partial charge in [-0.15, -0.1) is 0 Å². The van der Waals surface area contributed by atoms with Crippen molar-refractivity contribution in [1.29, 1.82) is 0 Å². The summed E-state index contributed by atoms with van der Waals surface area (Å²) in [6.45, 7) is 8.13. The van der Waals surface area contributed by atoms with Gasteiger partial charge in [0.2, 0.25) is 5.95 Å². The number of hydrogen-bond donors (Lipinski definition) is 2. The second-order valence-corrected chi connectivity index (χ2v) is 6.47. The Hall–Kier alpha value is -2.38. The number of ether oxygens (including phenoxy) is 1. The molecule has 0 atom stereocenters. The van der Waals surface area contributed by atoms with E-state index in [1.54, 1.807) is 24.1 Å². The number of rotatable bonds is 6. The third-order valence-corrected chi connectivity index (χ3v) is 3.91. The lowest BCUT2D eigenvalue weighted by molar-refractivity contribution is 0.0941. The lowest BCUT2D eigenvalue weighted by atomic mass is 10.1. The summed E-state index contributed by atoms with van der Waals surface area (Å²) in [5, 5.41) is 6.10. The zero-order valence-corrected chi connectivity index (χ0v) is 15.1. The van der Waals surface area contributed by atoms with Crippen LogP contribution in [0.4, 0.5) is 10.7 Å². The molecule has 1 aliphatic heterocycles. The largest absolute Gasteiger partial charge is 0.450 e. The topological polar surface area (TPSA) is 96.5 Å². The molecule has 2 amide bonds. The minimum absolute atomic E-state index is 0.166. The fourth-order valence-corrected chi connectivity index (χ4v) is 2.55. The maximum absolute atomic E-state index is 12.1. The van der Waals surface area contributed by atoms with Crippen LogP contribution in [0.5, 0.6) is 0 Å². The molecule has 2 heterocycles. The van der Waals surface area contributed by atoms with E-state index in [2.05, 4.69) is 20.6 Å². The Kier molecular flexibility index (Phi) is 6.97. The van der Waals surface area contributed by atoms with Gasteiger partial charge in [0.25, 0.3) is 5.91 Å². The Labute approximate surface area is 148 Å². The minimum atomic E-state index is -0.263. The van der Waals surface area contributed by atoms with Gasteiger partial charge in [0.1, 0.15) is 5.69 Å². The fraction of sp³-hybridized carbons (Fsp3) is 0.647. The van der Waals surface area contributed by atoms with Gasteiger partial charge in [0.15, 0.2) is 0 Å². The number of amides is 2. The summed E-state index contributed by atoms with van der Waals surface area (Å²) in [6, 6.07) is 1.77. The van der Waals surface area contributed by atoms with Crippen molar-refractivity contribution in [3.05, 3.63) is 18.0 Å². The van der Waals surface area contributed by atoms with E-state index in [-0.39, 0.29) is 18.0 Å². The summed E-state index contributed by atoms with van der Waals surface area (Å²) in [5.41, 5.74) is 0.349. The highest BCUT2D eigenvalue weighted by Gasteiger charge is 2.24. The first-order valence-electron chi connectivity index (χ1n) is 8.79. The molecule has 0 saturated carbocycles. The van der Waals surface area contributed by atoms with Crippen molar-refractivity contribution < 1.29 is 14.3 Å². The first kappa shape index (κ1) is 19.0. The lowest BCUT2D eigenvalue weighted by Gasteiger charge is -2.31. The molecule has 138 valence electrons. The number of likely N-dealkylation sites (tertiary alicyclic amines) is 1. The zero-order chi connectivity index (χ0) is 18.2. The number of nitrogens with zero attached hydrogens (tertiary/aromatic N) is 3. The van der Waals surface area contributed by atoms with Crippen molar-refractivity contribution in [3.63, 3.8) is 0 Å². The predicted octanol–water partition coefficient (Wildman–Crippen LogP) is 1.90. The van der Waals surface area contributed by atoms with Gasteiger partial charge in [-0.25, -0.2) is 14.8 Å². The third-order valence-electron chi connectivity index (χ3n) is 3.91. The van der Waals surface area contributed by atoms with E-state index in [4.69, 9.17) is 4.74 Å². The molecule has 8 nitrogen and oxygen atoms in total. The van der Waals surface area contributed by atoms with Crippen molar-refractivity contribution in [1.82, 2.24) is 20.2 Å². The van der Waals surface area contributed by atoms with Crippen LogP contribution in [-0.2, 0) is 4.74 Å². The summed E-state index contributed by atoms with van der Waals surface area (Å²) in [5.74, 6) is 0.621. The Bertz CT molecular complexity index is 585. The van der Waals surface area contributed by atoms with E-state index in [0.29, 0.717) is 43.8 Å². The molecule has 8 heteroatoms. The maximum atomic E-state index is 12.1. The molecule has 1 aromatic rings. The van der Waals surface area contributed by atoms with Crippen LogP contribution in [0.1, 0.15) is 44.1 Å². The molecule has 0 aromatic carbocycles. The van der Waals surface area contributed by atoms with E-state index in [1.165, 1.54) is 0 Å². The van der Waals surface area contributed by atoms with Gasteiger partial charge in [0, 0.05) is 31.9 Å². The van der Waals surface area contributed by atoms with Crippen LogP contribution >= 0.6 is 0 Å². The van der Waals surface area contributed by atoms with Crippen LogP contribution < -0.4 is 10.6 Å². The van der Waals surface area contributed by atoms with Gasteiger partial charge in [-0.05, 0) is 31.7 Å². The normalized spacial score (nSPS) is 15.1. The Morgan fingerprint density at radius 2 is 2.08 bits per heavy atom. The number of anilines is 1. The summed E-state index contributed by atoms with van der Waals surface area (Å²) in [6.07, 6.45) is 2.88. The highest BCUT2D eigenvalue weighted by Crippen LogP contribution is 2.15. The maximum Gasteiger partial charge on any atom is 0.409 e. The SMILES string of the molecule is CCOC(=O)N1CCC(Nc2nccc(C(=O)NCC(C)C)n2)CC1. The Balaban J connectivity index is 1.86. The average molecular weight is 349 g/mol. The van der Waals surface area contributed by atoms with E-state index in [1.807, 2.05) is 13.8 Å². The van der Waals surface area contributed by atoms with Crippen LogP contribution in [0, 0.1) is 5.92 Å². The molecule has 0 radical (unpaired) electrons. The van der Waals surface area contributed by atoms with Crippen molar-refractivity contribution in [2.24, 2.45) is 5.92 Å². The highest BCUT2D eigenvalue weighted by atomic mass is 16.6. The molecule has 25 heavy (non-hydrogen) atoms. The molecular weight excluding hydrogens is 322 g/mol. The number of carbonyl (C=O) groups is 2. The molecule has 0 spiro atoms. The fourth-order valence-electron chi connectivity index (χ4n) is 2.55. The summed E-state index contributed by atoms with van der Waals surface area (Å²) in [4.78, 5) is 34.0. The number of carbonyl (C=O) groups excluding carboxylic acids is 2. The second kappa shape index (κ2) is 9.19. The molecule has 0 aliphatic carbocycles. The molecule has 1 saturated heterocycles. The van der Waals surface area contributed by atoms with Gasteiger partial charge >= 0.3 is 6.09 Å². The highest BCUT2D eigenvalue weighted by molar-refractivity contribution is 5.92. The smallest absolute Gasteiger partial charge is 0.409 e. The van der Waals surface area contributed by atoms with Crippen LogP contribution in [0.15, 0.2) is 12.3 Å². The van der Waals surface area contributed by atoms with E-state index in [9.17, 15) is 9.59 Å². The van der Waals surface area contributed by atoms with Gasteiger partial charge in [-0.1, -0.05) is 13.8 Å². The van der Waals surface area contributed by atoms with Crippen molar-refractivity contribution in [2.75, 3.05) is 31.6 Å². The first-order chi connectivity index (χ1) is 12.0. The molecule has 1 fully saturated rings. The summed E-state index contributed by atoms with van der Waals surface area (Å²) >= 11 is 0. The van der Waals surface area contributed by atoms with Gasteiger partial charge < -0.3 is 20.3 Å². The number of nitrogens with one attached hydrogen (secondary N) is 2. The summed E-state index contributed by atoms with van der Waals surface area (Å²) in [7, 11) is 0. The first-order valence-corrected chi connectivity index (χ1v) is 8.79. The van der Waals surface area contributed by atoms with E-state index >= 15 is 0 Å². The predicted molar refractivity (Wildman–Crippen MR) is 94.4 cm³/mol. The monoisotopic (exact) mass is 349 g/mol. The van der Waals surface area contributed by atoms with Crippen LogP contribution in [-0.4, -0.2) is 59.2 Å². The van der Waals surface area contributed by atoms with Gasteiger partial charge in [0.05, 0.1) is 6.61 Å². The molecule has 0 unspecified atom stereocenters. The minimum Gasteiger partial charge on any atom is -0.450 e. The van der Waals surface area contributed by atoms with Crippen LogP contribution in [0.25, 0.3) is 0 Å². The van der Waals surface area contributed by atoms with Crippen LogP contribution in [0.2, 0.25) is 0 Å². The zero-order valence-electron chi connectivity index (χ0n) is 15.1. The van der Waals surface area contributed by atoms with Crippen molar-refractivity contribution in [2.45, 2.75) is 39.7 Å². The third kappa shape index (κ3) is 5.88. The quantitative estimate of drug-likeness (QED) is 0.814. The van der Waals surface area contributed by atoms with Gasteiger partial charge in [-0.3, -0.25) is 4.79 Å². The van der Waals surface area contributed by atoms with E-state index in [0.717, 1.165) is 12.8 Å². The van der Waals surface area contributed by atoms with E-state index < -0.39 is 0 Å². The summed E-state index contributed by atoms with van der Waals surface area (Å²) < 4.78 is 5.01. The number of hydrogen-bond acceptors (Lipinski definition) is 6. The van der Waals surface area contributed by atoms with Crippen LogP contribution in [0.3, 0.4) is 0 Å². The average Bonchev–Trinajstić information content (AvgIpc) is 2.60. The Morgan fingerprint density at radius 3 is 2.72 bits per heavy atom. The number of aromatic nitrogens is 2. The molecule has 1 aromatic heterocycles. The lowest BCUT2D eigenvalue weighted by Crippen LogP contribution is -2.42. The molecule has 1 aliphatic rings. The Morgan fingerprint density at radius 1 is 1.36 bits per heavy atom. The number of piperidine rings is 1. The van der Waals surface area contributed by atoms with Crippen molar-refractivity contribution in [3.8, 4) is 0 Å². The molecule has 0 bridgehead atoms. The molecule has 2 N–H and O–H groups in total. The van der Waals surface area contributed by atoms with Crippen molar-refractivity contribution >= 4 is 17.9 Å². The van der Waals surface area contributed by atoms with Gasteiger partial charge in [-0.2, -0.15) is 0 Å². The molecule has 2 rings (SSSR count). The second-order valence-electron chi connectivity index (χ2n) is 6.47.